The second-order valence-corrected chi connectivity index (χ2v) is 7.60. The number of aromatic nitrogens is 1. The van der Waals surface area contributed by atoms with Gasteiger partial charge in [-0.1, -0.05) is 32.1 Å². The van der Waals surface area contributed by atoms with Crippen molar-refractivity contribution in [1.82, 2.24) is 15.2 Å². The quantitative estimate of drug-likeness (QED) is 0.894. The standard InChI is InChI=1S/C17H29N3OS/c21-17-11-20(10-15-12-22-13-18-15)9-8-16(17)19-14-6-4-2-1-3-5-7-14/h12-14,16-17,19,21H,1-11H2/t16-,17-/m1/s1. The minimum Gasteiger partial charge on any atom is -0.390 e. The molecule has 2 atom stereocenters. The average molecular weight is 324 g/mol. The van der Waals surface area contributed by atoms with Gasteiger partial charge in [-0.3, -0.25) is 4.90 Å². The van der Waals surface area contributed by atoms with Gasteiger partial charge < -0.3 is 10.4 Å². The molecule has 2 N–H and O–H groups in total. The van der Waals surface area contributed by atoms with E-state index in [1.54, 1.807) is 11.3 Å². The van der Waals surface area contributed by atoms with Crippen LogP contribution in [-0.2, 0) is 6.54 Å². The third kappa shape index (κ3) is 4.75. The highest BCUT2D eigenvalue weighted by Crippen LogP contribution is 2.20. The number of rotatable bonds is 4. The van der Waals surface area contributed by atoms with E-state index in [0.29, 0.717) is 6.04 Å². The van der Waals surface area contributed by atoms with Crippen LogP contribution in [0.15, 0.2) is 10.9 Å². The molecular weight excluding hydrogens is 294 g/mol. The van der Waals surface area contributed by atoms with E-state index in [4.69, 9.17) is 0 Å². The zero-order chi connectivity index (χ0) is 15.2. The lowest BCUT2D eigenvalue weighted by atomic mass is 9.94. The van der Waals surface area contributed by atoms with Crippen molar-refractivity contribution in [1.29, 1.82) is 0 Å². The van der Waals surface area contributed by atoms with Crippen LogP contribution in [-0.4, -0.2) is 46.3 Å². The Labute approximate surface area is 137 Å². The van der Waals surface area contributed by atoms with Crippen molar-refractivity contribution in [2.75, 3.05) is 13.1 Å². The van der Waals surface area contributed by atoms with Crippen LogP contribution in [0.4, 0.5) is 0 Å². The number of likely N-dealkylation sites (tertiary alicyclic amines) is 1. The molecule has 1 saturated heterocycles. The van der Waals surface area contributed by atoms with Crippen LogP contribution in [0.2, 0.25) is 0 Å². The van der Waals surface area contributed by atoms with Crippen LogP contribution in [0.5, 0.6) is 0 Å². The zero-order valence-corrected chi connectivity index (χ0v) is 14.2. The second kappa shape index (κ2) is 8.39. The van der Waals surface area contributed by atoms with E-state index in [2.05, 4.69) is 20.6 Å². The molecule has 1 aromatic heterocycles. The lowest BCUT2D eigenvalue weighted by Gasteiger charge is -2.38. The fourth-order valence-electron chi connectivity index (χ4n) is 3.81. The predicted molar refractivity (Wildman–Crippen MR) is 91.0 cm³/mol. The van der Waals surface area contributed by atoms with E-state index in [-0.39, 0.29) is 12.1 Å². The first-order chi connectivity index (χ1) is 10.8. The molecule has 5 heteroatoms. The van der Waals surface area contributed by atoms with E-state index in [0.717, 1.165) is 31.7 Å². The van der Waals surface area contributed by atoms with Crippen LogP contribution in [0.3, 0.4) is 0 Å². The molecule has 0 unspecified atom stereocenters. The van der Waals surface area contributed by atoms with Crippen LogP contribution >= 0.6 is 11.3 Å². The Morgan fingerprint density at radius 1 is 1.18 bits per heavy atom. The zero-order valence-electron chi connectivity index (χ0n) is 13.4. The smallest absolute Gasteiger partial charge is 0.0820 e. The van der Waals surface area contributed by atoms with Gasteiger partial charge in [-0.2, -0.15) is 0 Å². The first kappa shape index (κ1) is 16.4. The summed E-state index contributed by atoms with van der Waals surface area (Å²) in [5, 5.41) is 16.4. The van der Waals surface area contributed by atoms with Gasteiger partial charge in [0.1, 0.15) is 0 Å². The van der Waals surface area contributed by atoms with Gasteiger partial charge in [-0.25, -0.2) is 4.98 Å². The van der Waals surface area contributed by atoms with Gasteiger partial charge >= 0.3 is 0 Å². The number of aliphatic hydroxyl groups excluding tert-OH is 1. The van der Waals surface area contributed by atoms with Crippen molar-refractivity contribution in [2.24, 2.45) is 0 Å². The van der Waals surface area contributed by atoms with Crippen molar-refractivity contribution >= 4 is 11.3 Å². The Kier molecular flexibility index (Phi) is 6.24. The highest BCUT2D eigenvalue weighted by atomic mass is 32.1. The lowest BCUT2D eigenvalue weighted by Crippen LogP contribution is -2.54. The van der Waals surface area contributed by atoms with Crippen LogP contribution in [0.1, 0.15) is 57.1 Å². The molecule has 0 amide bonds. The number of nitrogens with one attached hydrogen (secondary N) is 1. The highest BCUT2D eigenvalue weighted by Gasteiger charge is 2.29. The Morgan fingerprint density at radius 2 is 1.95 bits per heavy atom. The molecule has 2 fully saturated rings. The summed E-state index contributed by atoms with van der Waals surface area (Å²) in [6, 6.07) is 0.890. The summed E-state index contributed by atoms with van der Waals surface area (Å²) in [4.78, 5) is 6.68. The maximum Gasteiger partial charge on any atom is 0.0820 e. The van der Waals surface area contributed by atoms with Gasteiger partial charge in [0, 0.05) is 37.1 Å². The van der Waals surface area contributed by atoms with Gasteiger partial charge in [0.05, 0.1) is 17.3 Å². The summed E-state index contributed by atoms with van der Waals surface area (Å²) in [5.41, 5.74) is 3.01. The van der Waals surface area contributed by atoms with Gasteiger partial charge in [0.2, 0.25) is 0 Å². The molecule has 2 heterocycles. The molecule has 0 radical (unpaired) electrons. The van der Waals surface area contributed by atoms with Gasteiger partial charge in [0.15, 0.2) is 0 Å². The van der Waals surface area contributed by atoms with Crippen LogP contribution in [0.25, 0.3) is 0 Å². The van der Waals surface area contributed by atoms with Gasteiger partial charge in [-0.05, 0) is 19.3 Å². The number of piperidine rings is 1. The summed E-state index contributed by atoms with van der Waals surface area (Å²) in [6.45, 7) is 2.69. The molecule has 22 heavy (non-hydrogen) atoms. The van der Waals surface area contributed by atoms with Crippen LogP contribution in [0, 0.1) is 0 Å². The fourth-order valence-corrected chi connectivity index (χ4v) is 4.35. The topological polar surface area (TPSA) is 48.4 Å². The normalized spacial score (nSPS) is 29.1. The largest absolute Gasteiger partial charge is 0.390 e. The average Bonchev–Trinajstić information content (AvgIpc) is 2.97. The molecule has 124 valence electrons. The maximum absolute atomic E-state index is 10.5. The molecule has 1 aliphatic heterocycles. The minimum absolute atomic E-state index is 0.252. The molecule has 4 nitrogen and oxygen atoms in total. The number of hydrogen-bond donors (Lipinski definition) is 2. The van der Waals surface area contributed by atoms with Crippen LogP contribution < -0.4 is 5.32 Å². The molecule has 0 bridgehead atoms. The number of aliphatic hydroxyl groups is 1. The third-order valence-corrected chi connectivity index (χ3v) is 5.73. The van der Waals surface area contributed by atoms with Crippen molar-refractivity contribution in [3.05, 3.63) is 16.6 Å². The molecule has 1 saturated carbocycles. The van der Waals surface area contributed by atoms with E-state index in [1.807, 2.05) is 5.51 Å². The third-order valence-electron chi connectivity index (χ3n) is 5.09. The number of nitrogens with zero attached hydrogens (tertiary/aromatic N) is 2. The maximum atomic E-state index is 10.5. The molecule has 3 rings (SSSR count). The Morgan fingerprint density at radius 3 is 2.64 bits per heavy atom. The van der Waals surface area contributed by atoms with Gasteiger partial charge in [0.25, 0.3) is 0 Å². The lowest BCUT2D eigenvalue weighted by molar-refractivity contribution is 0.0312. The molecular formula is C17H29N3OS. The molecule has 1 aromatic rings. The summed E-state index contributed by atoms with van der Waals surface area (Å²) < 4.78 is 0. The fraction of sp³-hybridized carbons (Fsp3) is 0.824. The number of thiazole rings is 1. The summed E-state index contributed by atoms with van der Waals surface area (Å²) in [5.74, 6) is 0. The summed E-state index contributed by atoms with van der Waals surface area (Å²) in [7, 11) is 0. The van der Waals surface area contributed by atoms with Crippen molar-refractivity contribution in [2.45, 2.75) is 76.1 Å². The van der Waals surface area contributed by atoms with Gasteiger partial charge in [-0.15, -0.1) is 11.3 Å². The van der Waals surface area contributed by atoms with Crippen molar-refractivity contribution < 1.29 is 5.11 Å². The minimum atomic E-state index is -0.252. The monoisotopic (exact) mass is 323 g/mol. The second-order valence-electron chi connectivity index (χ2n) is 6.89. The number of β-amino-alcohol motifs (C(OH)–C–C–N with tert-alkyl or cyclic N) is 1. The summed E-state index contributed by atoms with van der Waals surface area (Å²) in [6.07, 6.45) is 10.2. The van der Waals surface area contributed by atoms with E-state index in [1.165, 1.54) is 44.9 Å². The van der Waals surface area contributed by atoms with E-state index in [9.17, 15) is 5.11 Å². The van der Waals surface area contributed by atoms with E-state index < -0.39 is 0 Å². The Balaban J connectivity index is 1.45. The predicted octanol–water partition coefficient (Wildman–Crippen LogP) is 2.78. The first-order valence-electron chi connectivity index (χ1n) is 8.85. The number of hydrogen-bond acceptors (Lipinski definition) is 5. The molecule has 0 aromatic carbocycles. The molecule has 0 spiro atoms. The van der Waals surface area contributed by atoms with E-state index >= 15 is 0 Å². The molecule has 2 aliphatic rings. The van der Waals surface area contributed by atoms with Crippen molar-refractivity contribution in [3.63, 3.8) is 0 Å². The SMILES string of the molecule is O[C@@H]1CN(Cc2cscn2)CC[C@H]1NC1CCCCCCC1. The van der Waals surface area contributed by atoms with Crippen molar-refractivity contribution in [3.8, 4) is 0 Å². The Hall–Kier alpha value is -0.490. The highest BCUT2D eigenvalue weighted by molar-refractivity contribution is 7.07. The first-order valence-corrected chi connectivity index (χ1v) is 9.79. The summed E-state index contributed by atoms with van der Waals surface area (Å²) >= 11 is 1.64. The molecule has 1 aliphatic carbocycles. The Bertz CT molecular complexity index is 418.